The summed E-state index contributed by atoms with van der Waals surface area (Å²) in [5, 5.41) is 3.53. The summed E-state index contributed by atoms with van der Waals surface area (Å²) in [6.45, 7) is 5.66. The zero-order chi connectivity index (χ0) is 16.4. The van der Waals surface area contributed by atoms with Crippen LogP contribution in [0.2, 0.25) is 0 Å². The normalized spacial score (nSPS) is 15.0. The van der Waals surface area contributed by atoms with Crippen molar-refractivity contribution >= 4 is 22.8 Å². The van der Waals surface area contributed by atoms with E-state index >= 15 is 0 Å². The molecule has 1 saturated heterocycles. The minimum atomic E-state index is 0.807. The van der Waals surface area contributed by atoms with Gasteiger partial charge in [-0.15, -0.1) is 0 Å². The Balaban J connectivity index is 1.59. The predicted molar refractivity (Wildman–Crippen MR) is 97.3 cm³/mol. The quantitative estimate of drug-likeness (QED) is 0.798. The number of hydrogen-bond acceptors (Lipinski definition) is 4. The SMILES string of the molecule is CCc1nc2ccccn2c1Nc1ccc(N2CCOCC2)cc1. The van der Waals surface area contributed by atoms with Crippen LogP contribution in [0.1, 0.15) is 12.6 Å². The molecule has 3 heterocycles. The van der Waals surface area contributed by atoms with Gasteiger partial charge in [0.05, 0.1) is 18.9 Å². The van der Waals surface area contributed by atoms with Gasteiger partial charge in [-0.3, -0.25) is 4.40 Å². The van der Waals surface area contributed by atoms with Crippen LogP contribution in [0.25, 0.3) is 5.65 Å². The molecule has 1 aliphatic heterocycles. The third-order valence-electron chi connectivity index (χ3n) is 4.44. The van der Waals surface area contributed by atoms with Gasteiger partial charge >= 0.3 is 0 Å². The van der Waals surface area contributed by atoms with E-state index in [1.165, 1.54) is 5.69 Å². The van der Waals surface area contributed by atoms with Gasteiger partial charge in [-0.2, -0.15) is 0 Å². The standard InChI is InChI=1S/C19H22N4O/c1-2-17-19(23-10-4-3-5-18(23)21-17)20-15-6-8-16(9-7-15)22-11-13-24-14-12-22/h3-10,20H,2,11-14H2,1H3. The minimum absolute atomic E-state index is 0.807. The van der Waals surface area contributed by atoms with Crippen molar-refractivity contribution in [2.24, 2.45) is 0 Å². The zero-order valence-corrected chi connectivity index (χ0v) is 13.9. The average Bonchev–Trinajstić information content (AvgIpc) is 3.01. The maximum absolute atomic E-state index is 5.42. The summed E-state index contributed by atoms with van der Waals surface area (Å²) in [4.78, 5) is 7.06. The van der Waals surface area contributed by atoms with Gasteiger partial charge in [0.2, 0.25) is 0 Å². The van der Waals surface area contributed by atoms with E-state index in [0.717, 1.165) is 55.6 Å². The molecule has 0 unspecified atom stereocenters. The second kappa shape index (κ2) is 6.53. The van der Waals surface area contributed by atoms with Crippen LogP contribution >= 0.6 is 0 Å². The van der Waals surface area contributed by atoms with Gasteiger partial charge in [0, 0.05) is 30.7 Å². The van der Waals surface area contributed by atoms with E-state index < -0.39 is 0 Å². The Kier molecular flexibility index (Phi) is 4.09. The van der Waals surface area contributed by atoms with Crippen LogP contribution in [0.3, 0.4) is 0 Å². The summed E-state index contributed by atoms with van der Waals surface area (Å²) in [6, 6.07) is 14.7. The number of imidazole rings is 1. The monoisotopic (exact) mass is 322 g/mol. The number of rotatable bonds is 4. The molecule has 0 aliphatic carbocycles. The predicted octanol–water partition coefficient (Wildman–Crippen LogP) is 3.48. The fraction of sp³-hybridized carbons (Fsp3) is 0.316. The number of pyridine rings is 1. The van der Waals surface area contributed by atoms with E-state index in [9.17, 15) is 0 Å². The van der Waals surface area contributed by atoms with Gasteiger partial charge in [0.15, 0.2) is 0 Å². The zero-order valence-electron chi connectivity index (χ0n) is 13.9. The maximum Gasteiger partial charge on any atom is 0.138 e. The second-order valence-corrected chi connectivity index (χ2v) is 5.96. The van der Waals surface area contributed by atoms with Crippen molar-refractivity contribution in [1.82, 2.24) is 9.38 Å². The van der Waals surface area contributed by atoms with E-state index in [-0.39, 0.29) is 0 Å². The number of aromatic nitrogens is 2. The molecule has 2 aromatic heterocycles. The van der Waals surface area contributed by atoms with Crippen LogP contribution < -0.4 is 10.2 Å². The molecule has 5 heteroatoms. The molecule has 124 valence electrons. The van der Waals surface area contributed by atoms with E-state index in [4.69, 9.17) is 9.72 Å². The number of nitrogens with one attached hydrogen (secondary N) is 1. The van der Waals surface area contributed by atoms with Crippen molar-refractivity contribution in [1.29, 1.82) is 0 Å². The van der Waals surface area contributed by atoms with Crippen molar-refractivity contribution in [3.8, 4) is 0 Å². The Morgan fingerprint density at radius 2 is 1.88 bits per heavy atom. The highest BCUT2D eigenvalue weighted by atomic mass is 16.5. The minimum Gasteiger partial charge on any atom is -0.378 e. The molecule has 0 amide bonds. The Bertz CT molecular complexity index is 819. The second-order valence-electron chi connectivity index (χ2n) is 5.96. The lowest BCUT2D eigenvalue weighted by Crippen LogP contribution is -2.36. The molecule has 1 fully saturated rings. The van der Waals surface area contributed by atoms with Crippen LogP contribution in [-0.4, -0.2) is 35.7 Å². The van der Waals surface area contributed by atoms with Gasteiger partial charge < -0.3 is 15.0 Å². The first-order chi connectivity index (χ1) is 11.8. The molecule has 1 aromatic carbocycles. The fourth-order valence-corrected chi connectivity index (χ4v) is 3.14. The van der Waals surface area contributed by atoms with Crippen LogP contribution in [0.5, 0.6) is 0 Å². The molecule has 3 aromatic rings. The van der Waals surface area contributed by atoms with Crippen molar-refractivity contribution in [3.05, 3.63) is 54.4 Å². The highest BCUT2D eigenvalue weighted by molar-refractivity contribution is 5.65. The summed E-state index contributed by atoms with van der Waals surface area (Å²) >= 11 is 0. The van der Waals surface area contributed by atoms with Crippen molar-refractivity contribution < 1.29 is 4.74 Å². The lowest BCUT2D eigenvalue weighted by Gasteiger charge is -2.28. The van der Waals surface area contributed by atoms with E-state index in [1.807, 2.05) is 24.4 Å². The highest BCUT2D eigenvalue weighted by Crippen LogP contribution is 2.25. The number of aryl methyl sites for hydroxylation is 1. The Morgan fingerprint density at radius 3 is 2.62 bits per heavy atom. The topological polar surface area (TPSA) is 41.8 Å². The van der Waals surface area contributed by atoms with Crippen molar-refractivity contribution in [2.75, 3.05) is 36.5 Å². The molecule has 0 bridgehead atoms. The molecule has 1 aliphatic rings. The summed E-state index contributed by atoms with van der Waals surface area (Å²) in [7, 11) is 0. The van der Waals surface area contributed by atoms with Crippen molar-refractivity contribution in [3.63, 3.8) is 0 Å². The van der Waals surface area contributed by atoms with E-state index in [1.54, 1.807) is 0 Å². The molecular formula is C19H22N4O. The first-order valence-corrected chi connectivity index (χ1v) is 8.51. The number of benzene rings is 1. The highest BCUT2D eigenvalue weighted by Gasteiger charge is 2.12. The summed E-state index contributed by atoms with van der Waals surface area (Å²) < 4.78 is 7.52. The number of anilines is 3. The molecule has 1 N–H and O–H groups in total. The average molecular weight is 322 g/mol. The fourth-order valence-electron chi connectivity index (χ4n) is 3.14. The largest absolute Gasteiger partial charge is 0.378 e. The molecule has 0 radical (unpaired) electrons. The number of ether oxygens (including phenoxy) is 1. The van der Waals surface area contributed by atoms with Gasteiger partial charge in [0.25, 0.3) is 0 Å². The third kappa shape index (κ3) is 2.83. The van der Waals surface area contributed by atoms with Gasteiger partial charge in [-0.25, -0.2) is 4.98 Å². The van der Waals surface area contributed by atoms with E-state index in [0.29, 0.717) is 0 Å². The van der Waals surface area contributed by atoms with Crippen LogP contribution in [0, 0.1) is 0 Å². The lowest BCUT2D eigenvalue weighted by molar-refractivity contribution is 0.122. The molecule has 5 nitrogen and oxygen atoms in total. The summed E-state index contributed by atoms with van der Waals surface area (Å²) in [6.07, 6.45) is 2.95. The molecule has 0 spiro atoms. The first-order valence-electron chi connectivity index (χ1n) is 8.51. The van der Waals surface area contributed by atoms with Crippen LogP contribution in [0.4, 0.5) is 17.2 Å². The van der Waals surface area contributed by atoms with Gasteiger partial charge in [-0.05, 0) is 42.8 Å². The van der Waals surface area contributed by atoms with E-state index in [2.05, 4.69) is 45.8 Å². The maximum atomic E-state index is 5.42. The number of hydrogen-bond donors (Lipinski definition) is 1. The molecule has 0 atom stereocenters. The van der Waals surface area contributed by atoms with Crippen molar-refractivity contribution in [2.45, 2.75) is 13.3 Å². The summed E-state index contributed by atoms with van der Waals surface area (Å²) in [5.74, 6) is 1.05. The first kappa shape index (κ1) is 15.0. The summed E-state index contributed by atoms with van der Waals surface area (Å²) in [5.41, 5.74) is 4.38. The Labute approximate surface area is 141 Å². The smallest absolute Gasteiger partial charge is 0.138 e. The third-order valence-corrected chi connectivity index (χ3v) is 4.44. The Hall–Kier alpha value is -2.53. The van der Waals surface area contributed by atoms with Crippen LogP contribution in [-0.2, 0) is 11.2 Å². The Morgan fingerprint density at radius 1 is 1.08 bits per heavy atom. The van der Waals surface area contributed by atoms with Gasteiger partial charge in [0.1, 0.15) is 11.5 Å². The molecule has 4 rings (SSSR count). The molecular weight excluding hydrogens is 300 g/mol. The molecule has 24 heavy (non-hydrogen) atoms. The number of fused-ring (bicyclic) bond motifs is 1. The number of nitrogens with zero attached hydrogens (tertiary/aromatic N) is 3. The molecule has 0 saturated carbocycles. The number of morpholine rings is 1. The lowest BCUT2D eigenvalue weighted by atomic mass is 10.2. The van der Waals surface area contributed by atoms with Crippen LogP contribution in [0.15, 0.2) is 48.7 Å². The van der Waals surface area contributed by atoms with Gasteiger partial charge in [-0.1, -0.05) is 13.0 Å².